The van der Waals surface area contributed by atoms with Crippen LogP contribution in [0.25, 0.3) is 5.69 Å². The molecule has 1 heterocycles. The van der Waals surface area contributed by atoms with Crippen LogP contribution in [-0.2, 0) is 17.8 Å². The molecule has 0 saturated carbocycles. The molecule has 0 aliphatic heterocycles. The van der Waals surface area contributed by atoms with Crippen LogP contribution in [0, 0.1) is 0 Å². The summed E-state index contributed by atoms with van der Waals surface area (Å²) in [5, 5.41) is 8.42. The Labute approximate surface area is 112 Å². The fourth-order valence-corrected chi connectivity index (χ4v) is 2.08. The minimum absolute atomic E-state index is 0.401. The van der Waals surface area contributed by atoms with E-state index in [4.69, 9.17) is 16.3 Å². The highest BCUT2D eigenvalue weighted by Gasteiger charge is 2.11. The summed E-state index contributed by atoms with van der Waals surface area (Å²) in [4.78, 5) is 0. The van der Waals surface area contributed by atoms with E-state index >= 15 is 0 Å². The van der Waals surface area contributed by atoms with Crippen LogP contribution >= 0.6 is 11.6 Å². The van der Waals surface area contributed by atoms with Crippen molar-refractivity contribution in [2.24, 2.45) is 0 Å². The van der Waals surface area contributed by atoms with Crippen LogP contribution in [0.2, 0.25) is 5.28 Å². The van der Waals surface area contributed by atoms with Gasteiger partial charge in [0.1, 0.15) is 5.82 Å². The van der Waals surface area contributed by atoms with Crippen LogP contribution in [0.5, 0.6) is 0 Å². The van der Waals surface area contributed by atoms with E-state index in [1.165, 1.54) is 0 Å². The molecule has 5 heteroatoms. The number of methoxy groups -OCH3 is 1. The normalized spacial score (nSPS) is 10.8. The fourth-order valence-electron chi connectivity index (χ4n) is 1.84. The van der Waals surface area contributed by atoms with Gasteiger partial charge in [-0.2, -0.15) is 0 Å². The predicted molar refractivity (Wildman–Crippen MR) is 71.1 cm³/mol. The standard InChI is InChI=1S/C13H16ClN3O/c1-3-4-12-15-16-13(14)17(12)11-7-5-10(6-8-11)9-18-2/h5-8H,3-4,9H2,1-2H3. The first-order chi connectivity index (χ1) is 8.76. The molecule has 0 aliphatic rings. The molecule has 18 heavy (non-hydrogen) atoms. The summed E-state index contributed by atoms with van der Waals surface area (Å²) in [5.74, 6) is 0.891. The Hall–Kier alpha value is -1.39. The van der Waals surface area contributed by atoms with Crippen molar-refractivity contribution in [3.8, 4) is 5.69 Å². The number of hydrogen-bond donors (Lipinski definition) is 0. The SMILES string of the molecule is CCCc1nnc(Cl)n1-c1ccc(COC)cc1. The molecule has 0 aliphatic carbocycles. The monoisotopic (exact) mass is 265 g/mol. The smallest absolute Gasteiger partial charge is 0.229 e. The first kappa shape index (κ1) is 13.1. The van der Waals surface area contributed by atoms with E-state index in [0.717, 1.165) is 29.9 Å². The topological polar surface area (TPSA) is 39.9 Å². The van der Waals surface area contributed by atoms with E-state index in [0.29, 0.717) is 11.9 Å². The van der Waals surface area contributed by atoms with Crippen molar-refractivity contribution in [2.75, 3.05) is 7.11 Å². The summed E-state index contributed by atoms with van der Waals surface area (Å²) in [5.41, 5.74) is 2.11. The van der Waals surface area contributed by atoms with E-state index in [-0.39, 0.29) is 0 Å². The lowest BCUT2D eigenvalue weighted by Gasteiger charge is -2.08. The molecule has 0 fully saturated rings. The molecule has 0 N–H and O–H groups in total. The van der Waals surface area contributed by atoms with Gasteiger partial charge in [-0.25, -0.2) is 0 Å². The van der Waals surface area contributed by atoms with Crippen molar-refractivity contribution in [3.05, 3.63) is 40.9 Å². The number of aromatic nitrogens is 3. The Bertz CT molecular complexity index is 507. The van der Waals surface area contributed by atoms with Gasteiger partial charge in [0.15, 0.2) is 0 Å². The lowest BCUT2D eigenvalue weighted by molar-refractivity contribution is 0.185. The zero-order valence-corrected chi connectivity index (χ0v) is 11.3. The summed E-state index contributed by atoms with van der Waals surface area (Å²) >= 11 is 6.08. The maximum absolute atomic E-state index is 6.08. The molecule has 4 nitrogen and oxygen atoms in total. The molecule has 1 aromatic heterocycles. The number of rotatable bonds is 5. The van der Waals surface area contributed by atoms with Gasteiger partial charge < -0.3 is 4.74 Å². The van der Waals surface area contributed by atoms with Crippen LogP contribution in [-0.4, -0.2) is 21.9 Å². The van der Waals surface area contributed by atoms with Gasteiger partial charge in [0, 0.05) is 19.2 Å². The maximum Gasteiger partial charge on any atom is 0.229 e. The molecule has 0 saturated heterocycles. The lowest BCUT2D eigenvalue weighted by Crippen LogP contribution is -2.01. The molecule has 0 spiro atoms. The van der Waals surface area contributed by atoms with Gasteiger partial charge in [0.2, 0.25) is 5.28 Å². The van der Waals surface area contributed by atoms with Crippen molar-refractivity contribution in [3.63, 3.8) is 0 Å². The maximum atomic E-state index is 6.08. The third-order valence-electron chi connectivity index (χ3n) is 2.67. The van der Waals surface area contributed by atoms with Gasteiger partial charge >= 0.3 is 0 Å². The Kier molecular flexibility index (Phi) is 4.33. The zero-order valence-electron chi connectivity index (χ0n) is 10.6. The Morgan fingerprint density at radius 2 is 1.94 bits per heavy atom. The predicted octanol–water partition coefficient (Wildman–Crippen LogP) is 3.02. The molecule has 1 aromatic carbocycles. The van der Waals surface area contributed by atoms with Crippen molar-refractivity contribution >= 4 is 11.6 Å². The highest BCUT2D eigenvalue weighted by molar-refractivity contribution is 6.28. The van der Waals surface area contributed by atoms with Gasteiger partial charge in [-0.3, -0.25) is 4.57 Å². The number of aryl methyl sites for hydroxylation is 1. The highest BCUT2D eigenvalue weighted by atomic mass is 35.5. The molecule has 0 bridgehead atoms. The van der Waals surface area contributed by atoms with Crippen molar-refractivity contribution < 1.29 is 4.74 Å². The molecule has 0 amide bonds. The second kappa shape index (κ2) is 5.98. The largest absolute Gasteiger partial charge is 0.380 e. The summed E-state index contributed by atoms with van der Waals surface area (Å²) < 4.78 is 6.96. The van der Waals surface area contributed by atoms with Gasteiger partial charge in [0.25, 0.3) is 0 Å². The third kappa shape index (κ3) is 2.71. The van der Waals surface area contributed by atoms with Crippen molar-refractivity contribution in [1.29, 1.82) is 0 Å². The molecule has 0 unspecified atom stereocenters. The summed E-state index contributed by atoms with van der Waals surface area (Å²) in [7, 11) is 1.68. The molecule has 0 radical (unpaired) electrons. The molecular weight excluding hydrogens is 250 g/mol. The molecule has 0 atom stereocenters. The minimum atomic E-state index is 0.401. The van der Waals surface area contributed by atoms with Gasteiger partial charge in [-0.15, -0.1) is 10.2 Å². The lowest BCUT2D eigenvalue weighted by atomic mass is 10.2. The highest BCUT2D eigenvalue weighted by Crippen LogP contribution is 2.18. The molecular formula is C13H16ClN3O. The Morgan fingerprint density at radius 1 is 1.22 bits per heavy atom. The van der Waals surface area contributed by atoms with E-state index in [2.05, 4.69) is 17.1 Å². The van der Waals surface area contributed by atoms with E-state index in [1.54, 1.807) is 7.11 Å². The van der Waals surface area contributed by atoms with Crippen LogP contribution in [0.4, 0.5) is 0 Å². The molecule has 96 valence electrons. The summed E-state index contributed by atoms with van der Waals surface area (Å²) in [6.45, 7) is 2.71. The second-order valence-corrected chi connectivity index (χ2v) is 4.41. The first-order valence-corrected chi connectivity index (χ1v) is 6.32. The van der Waals surface area contributed by atoms with Crippen LogP contribution in [0.1, 0.15) is 24.7 Å². The molecule has 2 aromatic rings. The fraction of sp³-hybridized carbons (Fsp3) is 0.385. The van der Waals surface area contributed by atoms with Crippen molar-refractivity contribution in [1.82, 2.24) is 14.8 Å². The number of hydrogen-bond acceptors (Lipinski definition) is 3. The van der Waals surface area contributed by atoms with Gasteiger partial charge in [-0.1, -0.05) is 19.1 Å². The summed E-state index contributed by atoms with van der Waals surface area (Å²) in [6.07, 6.45) is 1.87. The first-order valence-electron chi connectivity index (χ1n) is 5.94. The zero-order chi connectivity index (χ0) is 13.0. The van der Waals surface area contributed by atoms with Gasteiger partial charge in [0.05, 0.1) is 6.61 Å². The Balaban J connectivity index is 2.32. The number of benzene rings is 1. The third-order valence-corrected chi connectivity index (χ3v) is 2.91. The second-order valence-electron chi connectivity index (χ2n) is 4.07. The molecule has 2 rings (SSSR count). The van der Waals surface area contributed by atoms with Crippen LogP contribution in [0.15, 0.2) is 24.3 Å². The number of ether oxygens (including phenoxy) is 1. The quantitative estimate of drug-likeness (QED) is 0.834. The van der Waals surface area contributed by atoms with Gasteiger partial charge in [-0.05, 0) is 35.7 Å². The van der Waals surface area contributed by atoms with Crippen molar-refractivity contribution in [2.45, 2.75) is 26.4 Å². The Morgan fingerprint density at radius 3 is 2.56 bits per heavy atom. The van der Waals surface area contributed by atoms with E-state index in [1.807, 2.05) is 28.8 Å². The minimum Gasteiger partial charge on any atom is -0.380 e. The van der Waals surface area contributed by atoms with Crippen LogP contribution < -0.4 is 0 Å². The average molecular weight is 266 g/mol. The van der Waals surface area contributed by atoms with E-state index in [9.17, 15) is 0 Å². The number of nitrogens with zero attached hydrogens (tertiary/aromatic N) is 3. The average Bonchev–Trinajstić information content (AvgIpc) is 2.73. The summed E-state index contributed by atoms with van der Waals surface area (Å²) in [6, 6.07) is 8.04. The van der Waals surface area contributed by atoms with E-state index < -0.39 is 0 Å². The number of halogens is 1. The van der Waals surface area contributed by atoms with Crippen LogP contribution in [0.3, 0.4) is 0 Å².